The van der Waals surface area contributed by atoms with Gasteiger partial charge < -0.3 is 9.64 Å². The van der Waals surface area contributed by atoms with Crippen molar-refractivity contribution in [1.82, 2.24) is 9.80 Å². The quantitative estimate of drug-likeness (QED) is 0.775. The molecule has 2 heterocycles. The average Bonchev–Trinajstić information content (AvgIpc) is 3.40. The molecule has 0 bridgehead atoms. The number of nitrogens with zero attached hydrogens (tertiary/aromatic N) is 3. The predicted octanol–water partition coefficient (Wildman–Crippen LogP) is 1.11. The van der Waals surface area contributed by atoms with Crippen LogP contribution in [-0.4, -0.2) is 67.0 Å². The van der Waals surface area contributed by atoms with Gasteiger partial charge >= 0.3 is 0 Å². The molecule has 0 N–H and O–H groups in total. The van der Waals surface area contributed by atoms with Crippen LogP contribution in [0.3, 0.4) is 0 Å². The molecule has 0 spiro atoms. The van der Waals surface area contributed by atoms with E-state index < -0.39 is 0 Å². The maximum atomic E-state index is 12.6. The Labute approximate surface area is 142 Å². The molecule has 1 saturated carbocycles. The number of hydrogen-bond acceptors (Lipinski definition) is 5. The molecule has 1 unspecified atom stereocenters. The van der Waals surface area contributed by atoms with Crippen molar-refractivity contribution in [3.8, 4) is 5.75 Å². The zero-order valence-corrected chi connectivity index (χ0v) is 14.0. The van der Waals surface area contributed by atoms with E-state index in [0.717, 1.165) is 44.8 Å². The molecule has 0 radical (unpaired) electrons. The molecule has 24 heavy (non-hydrogen) atoms. The van der Waals surface area contributed by atoms with Crippen LogP contribution in [-0.2, 0) is 9.59 Å². The summed E-state index contributed by atoms with van der Waals surface area (Å²) in [6.45, 7) is 3.36. The van der Waals surface area contributed by atoms with Crippen molar-refractivity contribution >= 4 is 17.5 Å². The van der Waals surface area contributed by atoms with Crippen molar-refractivity contribution in [3.05, 3.63) is 24.3 Å². The van der Waals surface area contributed by atoms with Gasteiger partial charge in [-0.2, -0.15) is 0 Å². The number of carbonyl (C=O) groups is 2. The van der Waals surface area contributed by atoms with Crippen LogP contribution < -0.4 is 9.64 Å². The molecule has 2 aliphatic heterocycles. The number of hydrogen-bond donors (Lipinski definition) is 0. The number of carbonyl (C=O) groups excluding carboxylic acids is 2. The lowest BCUT2D eigenvalue weighted by atomic mass is 10.1. The summed E-state index contributed by atoms with van der Waals surface area (Å²) in [6, 6.07) is 8.01. The normalized spacial score (nSPS) is 25.5. The summed E-state index contributed by atoms with van der Waals surface area (Å²) in [7, 11) is 1.67. The van der Waals surface area contributed by atoms with E-state index in [0.29, 0.717) is 6.42 Å². The molecule has 0 aromatic heterocycles. The second kappa shape index (κ2) is 6.09. The monoisotopic (exact) mass is 329 g/mol. The van der Waals surface area contributed by atoms with Gasteiger partial charge in [-0.15, -0.1) is 0 Å². The molecule has 1 aromatic carbocycles. The predicted molar refractivity (Wildman–Crippen MR) is 90.1 cm³/mol. The van der Waals surface area contributed by atoms with Crippen molar-refractivity contribution < 1.29 is 14.3 Å². The van der Waals surface area contributed by atoms with Gasteiger partial charge in [0.25, 0.3) is 0 Å². The van der Waals surface area contributed by atoms with E-state index in [4.69, 9.17) is 4.74 Å². The Balaban J connectivity index is 1.37. The van der Waals surface area contributed by atoms with Gasteiger partial charge in [0.1, 0.15) is 5.75 Å². The SMILES string of the molecule is COc1ccc(N2CCN(C3CC(=O)N(C4CC4)C3=O)CC2)cc1. The van der Waals surface area contributed by atoms with Gasteiger partial charge in [0.05, 0.1) is 19.6 Å². The summed E-state index contributed by atoms with van der Waals surface area (Å²) in [5.74, 6) is 0.901. The van der Waals surface area contributed by atoms with Gasteiger partial charge in [-0.05, 0) is 37.1 Å². The number of methoxy groups -OCH3 is 1. The van der Waals surface area contributed by atoms with Gasteiger partial charge in [-0.3, -0.25) is 19.4 Å². The van der Waals surface area contributed by atoms with Crippen molar-refractivity contribution in [2.24, 2.45) is 0 Å². The third kappa shape index (κ3) is 2.75. The Kier molecular flexibility index (Phi) is 3.92. The molecule has 6 nitrogen and oxygen atoms in total. The van der Waals surface area contributed by atoms with E-state index in [1.54, 1.807) is 7.11 Å². The third-order valence-corrected chi connectivity index (χ3v) is 5.26. The second-order valence-electron chi connectivity index (χ2n) is 6.77. The zero-order chi connectivity index (χ0) is 16.7. The number of amides is 2. The van der Waals surface area contributed by atoms with Crippen LogP contribution in [0.5, 0.6) is 5.75 Å². The van der Waals surface area contributed by atoms with E-state index in [1.807, 2.05) is 12.1 Å². The highest BCUT2D eigenvalue weighted by Gasteiger charge is 2.48. The molecule has 4 rings (SSSR count). The highest BCUT2D eigenvalue weighted by atomic mass is 16.5. The van der Waals surface area contributed by atoms with Crippen molar-refractivity contribution in [3.63, 3.8) is 0 Å². The summed E-state index contributed by atoms with van der Waals surface area (Å²) in [6.07, 6.45) is 2.32. The summed E-state index contributed by atoms with van der Waals surface area (Å²) in [5, 5.41) is 0. The topological polar surface area (TPSA) is 53.1 Å². The molecule has 1 aromatic rings. The molecule has 128 valence electrons. The molecule has 1 aliphatic carbocycles. The molecule has 3 fully saturated rings. The van der Waals surface area contributed by atoms with E-state index in [-0.39, 0.29) is 23.9 Å². The van der Waals surface area contributed by atoms with Crippen LogP contribution >= 0.6 is 0 Å². The number of rotatable bonds is 4. The third-order valence-electron chi connectivity index (χ3n) is 5.26. The molecule has 2 amide bonds. The Morgan fingerprint density at radius 3 is 2.25 bits per heavy atom. The summed E-state index contributed by atoms with van der Waals surface area (Å²) < 4.78 is 5.20. The minimum atomic E-state index is -0.240. The second-order valence-corrected chi connectivity index (χ2v) is 6.77. The minimum absolute atomic E-state index is 0.0186. The first-order valence-electron chi connectivity index (χ1n) is 8.66. The molecule has 6 heteroatoms. The molecule has 3 aliphatic rings. The first-order chi connectivity index (χ1) is 11.7. The fourth-order valence-corrected chi connectivity index (χ4v) is 3.72. The van der Waals surface area contributed by atoms with Crippen LogP contribution in [0.2, 0.25) is 0 Å². The highest BCUT2D eigenvalue weighted by Crippen LogP contribution is 2.33. The van der Waals surface area contributed by atoms with Crippen LogP contribution in [0.25, 0.3) is 0 Å². The Morgan fingerprint density at radius 2 is 1.67 bits per heavy atom. The molecule has 2 saturated heterocycles. The minimum Gasteiger partial charge on any atom is -0.497 e. The standard InChI is InChI=1S/C18H23N3O3/c1-24-15-6-4-13(5-7-15)19-8-10-20(11-9-19)16-12-17(22)21(18(16)23)14-2-3-14/h4-7,14,16H,2-3,8-12H2,1H3. The van der Waals surface area contributed by atoms with E-state index in [2.05, 4.69) is 21.9 Å². The summed E-state index contributed by atoms with van der Waals surface area (Å²) >= 11 is 0. The lowest BCUT2D eigenvalue weighted by Crippen LogP contribution is -2.52. The summed E-state index contributed by atoms with van der Waals surface area (Å²) in [5.41, 5.74) is 1.17. The van der Waals surface area contributed by atoms with Gasteiger partial charge in [0, 0.05) is 37.9 Å². The maximum absolute atomic E-state index is 12.6. The largest absolute Gasteiger partial charge is 0.497 e. The van der Waals surface area contributed by atoms with E-state index >= 15 is 0 Å². The van der Waals surface area contributed by atoms with Crippen molar-refractivity contribution in [1.29, 1.82) is 0 Å². The lowest BCUT2D eigenvalue weighted by molar-refractivity contribution is -0.140. The van der Waals surface area contributed by atoms with Crippen molar-refractivity contribution in [2.45, 2.75) is 31.3 Å². The van der Waals surface area contributed by atoms with Gasteiger partial charge in [-0.25, -0.2) is 0 Å². The number of ether oxygens (including phenoxy) is 1. The summed E-state index contributed by atoms with van der Waals surface area (Å²) in [4.78, 5) is 30.7. The molecule has 1 atom stereocenters. The zero-order valence-electron chi connectivity index (χ0n) is 14.0. The smallest absolute Gasteiger partial charge is 0.247 e. The number of benzene rings is 1. The average molecular weight is 329 g/mol. The van der Waals surface area contributed by atoms with E-state index in [9.17, 15) is 9.59 Å². The molecular formula is C18H23N3O3. The van der Waals surface area contributed by atoms with Crippen LogP contribution in [0.15, 0.2) is 24.3 Å². The Bertz CT molecular complexity index is 633. The number of piperazine rings is 1. The number of anilines is 1. The lowest BCUT2D eigenvalue weighted by Gasteiger charge is -2.38. The first-order valence-corrected chi connectivity index (χ1v) is 8.66. The van der Waals surface area contributed by atoms with E-state index in [1.165, 1.54) is 10.6 Å². The van der Waals surface area contributed by atoms with Crippen LogP contribution in [0.4, 0.5) is 5.69 Å². The number of imide groups is 1. The first kappa shape index (κ1) is 15.4. The Hall–Kier alpha value is -2.08. The van der Waals surface area contributed by atoms with Gasteiger partial charge in [-0.1, -0.05) is 0 Å². The fraction of sp³-hybridized carbons (Fsp3) is 0.556. The van der Waals surface area contributed by atoms with Gasteiger partial charge in [0.15, 0.2) is 0 Å². The van der Waals surface area contributed by atoms with Crippen LogP contribution in [0, 0.1) is 0 Å². The highest BCUT2D eigenvalue weighted by molar-refractivity contribution is 6.06. The fourth-order valence-electron chi connectivity index (χ4n) is 3.72. The van der Waals surface area contributed by atoms with Gasteiger partial charge in [0.2, 0.25) is 11.8 Å². The van der Waals surface area contributed by atoms with Crippen molar-refractivity contribution in [2.75, 3.05) is 38.2 Å². The molecular weight excluding hydrogens is 306 g/mol. The van der Waals surface area contributed by atoms with Crippen LogP contribution in [0.1, 0.15) is 19.3 Å². The number of likely N-dealkylation sites (tertiary alicyclic amines) is 1. The Morgan fingerprint density at radius 1 is 1.00 bits per heavy atom. The maximum Gasteiger partial charge on any atom is 0.247 e.